The summed E-state index contributed by atoms with van der Waals surface area (Å²) in [6, 6.07) is 0. The minimum atomic E-state index is -0.848. The van der Waals surface area contributed by atoms with Crippen LogP contribution in [0.3, 0.4) is 0 Å². The van der Waals surface area contributed by atoms with Gasteiger partial charge in [0.2, 0.25) is 23.0 Å². The summed E-state index contributed by atoms with van der Waals surface area (Å²) in [5, 5.41) is 12.1. The highest BCUT2D eigenvalue weighted by Crippen LogP contribution is 2.30. The summed E-state index contributed by atoms with van der Waals surface area (Å²) < 4.78 is 9.19. The molecule has 8 heteroatoms. The molecule has 1 aromatic rings. The number of hydrogen-bond acceptors (Lipinski definition) is 8. The number of rotatable bonds is 4. The van der Waals surface area contributed by atoms with Crippen molar-refractivity contribution in [2.45, 2.75) is 0 Å². The molecule has 0 amide bonds. The van der Waals surface area contributed by atoms with Gasteiger partial charge < -0.3 is 14.4 Å². The molecule has 1 aliphatic carbocycles. The summed E-state index contributed by atoms with van der Waals surface area (Å²) >= 11 is 1.02. The van der Waals surface area contributed by atoms with Crippen molar-refractivity contribution in [1.82, 2.24) is 5.16 Å². The van der Waals surface area contributed by atoms with Crippen LogP contribution in [0.2, 0.25) is 0 Å². The van der Waals surface area contributed by atoms with Gasteiger partial charge in [0.05, 0.1) is 18.6 Å². The SMILES string of the molecule is COC(=O)c1noc2c1C(=O)C(SCCO)=CC2=O. The molecule has 0 saturated heterocycles. The Kier molecular flexibility index (Phi) is 3.82. The van der Waals surface area contributed by atoms with E-state index in [1.54, 1.807) is 0 Å². The zero-order valence-electron chi connectivity index (χ0n) is 9.84. The summed E-state index contributed by atoms with van der Waals surface area (Å²) in [7, 11) is 1.13. The first-order valence-corrected chi connectivity index (χ1v) is 6.21. The number of ether oxygens (including phenoxy) is 1. The van der Waals surface area contributed by atoms with Crippen LogP contribution in [0.15, 0.2) is 15.5 Å². The van der Waals surface area contributed by atoms with Crippen molar-refractivity contribution in [3.63, 3.8) is 0 Å². The first kappa shape index (κ1) is 13.5. The second kappa shape index (κ2) is 5.37. The number of allylic oxidation sites excluding steroid dienone is 2. The van der Waals surface area contributed by atoms with E-state index in [2.05, 4.69) is 9.89 Å². The fraction of sp³-hybridized carbons (Fsp3) is 0.273. The lowest BCUT2D eigenvalue weighted by atomic mass is 10.00. The van der Waals surface area contributed by atoms with Crippen molar-refractivity contribution in [1.29, 1.82) is 0 Å². The Bertz CT molecular complexity index is 588. The average Bonchev–Trinajstić information content (AvgIpc) is 2.85. The fourth-order valence-electron chi connectivity index (χ4n) is 1.54. The molecule has 7 nitrogen and oxygen atoms in total. The third-order valence-corrected chi connectivity index (χ3v) is 3.36. The number of nitrogens with zero attached hydrogens (tertiary/aromatic N) is 1. The van der Waals surface area contributed by atoms with E-state index in [0.717, 1.165) is 24.9 Å². The lowest BCUT2D eigenvalue weighted by Gasteiger charge is -2.09. The second-order valence-electron chi connectivity index (χ2n) is 3.50. The van der Waals surface area contributed by atoms with Crippen LogP contribution in [0.5, 0.6) is 0 Å². The van der Waals surface area contributed by atoms with Gasteiger partial charge in [-0.15, -0.1) is 11.8 Å². The number of aromatic nitrogens is 1. The molecule has 2 rings (SSSR count). The molecule has 0 atom stereocenters. The van der Waals surface area contributed by atoms with Gasteiger partial charge in [0.25, 0.3) is 0 Å². The fourth-order valence-corrected chi connectivity index (χ4v) is 2.28. The predicted molar refractivity (Wildman–Crippen MR) is 64.1 cm³/mol. The predicted octanol–water partition coefficient (Wildman–Crippen LogP) is 0.450. The minimum absolute atomic E-state index is 0.135. The van der Waals surface area contributed by atoms with Crippen LogP contribution < -0.4 is 0 Å². The molecule has 1 aliphatic rings. The molecule has 0 unspecified atom stereocenters. The first-order chi connectivity index (χ1) is 9.10. The molecule has 19 heavy (non-hydrogen) atoms. The maximum atomic E-state index is 12.1. The molecule has 1 aromatic heterocycles. The van der Waals surface area contributed by atoms with Gasteiger partial charge in [0.1, 0.15) is 5.56 Å². The van der Waals surface area contributed by atoms with Gasteiger partial charge in [-0.2, -0.15) is 0 Å². The molecule has 0 aromatic carbocycles. The van der Waals surface area contributed by atoms with Crippen molar-refractivity contribution < 1.29 is 28.8 Å². The zero-order valence-corrected chi connectivity index (χ0v) is 10.7. The average molecular weight is 283 g/mol. The van der Waals surface area contributed by atoms with Crippen LogP contribution in [-0.2, 0) is 4.74 Å². The third kappa shape index (κ3) is 2.32. The number of methoxy groups -OCH3 is 1. The molecule has 1 heterocycles. The first-order valence-electron chi connectivity index (χ1n) is 5.22. The molecule has 0 bridgehead atoms. The summed E-state index contributed by atoms with van der Waals surface area (Å²) in [4.78, 5) is 35.5. The number of esters is 1. The molecule has 0 fully saturated rings. The second-order valence-corrected chi connectivity index (χ2v) is 4.64. The van der Waals surface area contributed by atoms with E-state index in [9.17, 15) is 14.4 Å². The van der Waals surface area contributed by atoms with Gasteiger partial charge in [-0.25, -0.2) is 4.79 Å². The van der Waals surface area contributed by atoms with Crippen molar-refractivity contribution in [2.24, 2.45) is 0 Å². The van der Waals surface area contributed by atoms with Gasteiger partial charge >= 0.3 is 5.97 Å². The number of carbonyl (C=O) groups excluding carboxylic acids is 3. The van der Waals surface area contributed by atoms with Crippen molar-refractivity contribution in [3.05, 3.63) is 28.0 Å². The molecule has 0 saturated carbocycles. The van der Waals surface area contributed by atoms with Gasteiger partial charge in [0.15, 0.2) is 0 Å². The monoisotopic (exact) mass is 283 g/mol. The van der Waals surface area contributed by atoms with E-state index in [0.29, 0.717) is 0 Å². The van der Waals surface area contributed by atoms with Gasteiger partial charge in [0, 0.05) is 11.8 Å². The van der Waals surface area contributed by atoms with Gasteiger partial charge in [-0.05, 0) is 0 Å². The van der Waals surface area contributed by atoms with E-state index < -0.39 is 17.5 Å². The van der Waals surface area contributed by atoms with Crippen LogP contribution in [0.25, 0.3) is 0 Å². The summed E-state index contributed by atoms with van der Waals surface area (Å²) in [6.45, 7) is -0.135. The number of aliphatic hydroxyl groups is 1. The summed E-state index contributed by atoms with van der Waals surface area (Å²) in [5.74, 6) is -1.93. The highest BCUT2D eigenvalue weighted by molar-refractivity contribution is 8.04. The molecular formula is C11H9NO6S. The number of Topliss-reactive ketones (excluding diaryl/α,β-unsaturated/α-hetero) is 1. The lowest BCUT2D eigenvalue weighted by molar-refractivity contribution is 0.0586. The Balaban J connectivity index is 2.43. The normalized spacial score (nSPS) is 14.1. The zero-order chi connectivity index (χ0) is 14.0. The van der Waals surface area contributed by atoms with E-state index in [4.69, 9.17) is 9.63 Å². The van der Waals surface area contributed by atoms with Crippen LogP contribution >= 0.6 is 11.8 Å². The molecule has 0 spiro atoms. The Morgan fingerprint density at radius 2 is 2.26 bits per heavy atom. The quantitative estimate of drug-likeness (QED) is 0.794. The van der Waals surface area contributed by atoms with Gasteiger partial charge in [-0.3, -0.25) is 9.59 Å². The third-order valence-electron chi connectivity index (χ3n) is 2.36. The van der Waals surface area contributed by atoms with E-state index >= 15 is 0 Å². The standard InChI is InChI=1S/C11H9NO6S/c1-17-11(16)8-7-9(15)6(19-3-2-13)4-5(14)10(7)18-12-8/h4,13H,2-3H2,1H3. The Morgan fingerprint density at radius 3 is 2.89 bits per heavy atom. The van der Waals surface area contributed by atoms with Crippen molar-refractivity contribution in [3.8, 4) is 0 Å². The Hall–Kier alpha value is -1.93. The van der Waals surface area contributed by atoms with Crippen LogP contribution in [0.1, 0.15) is 31.4 Å². The molecular weight excluding hydrogens is 274 g/mol. The number of thioether (sulfide) groups is 1. The topological polar surface area (TPSA) is 107 Å². The number of aliphatic hydroxyl groups excluding tert-OH is 1. The maximum absolute atomic E-state index is 12.1. The highest BCUT2D eigenvalue weighted by Gasteiger charge is 2.36. The van der Waals surface area contributed by atoms with E-state index in [1.807, 2.05) is 0 Å². The van der Waals surface area contributed by atoms with E-state index in [-0.39, 0.29) is 34.3 Å². The Morgan fingerprint density at radius 1 is 1.53 bits per heavy atom. The lowest BCUT2D eigenvalue weighted by Crippen LogP contribution is -2.18. The van der Waals surface area contributed by atoms with Crippen LogP contribution in [0, 0.1) is 0 Å². The van der Waals surface area contributed by atoms with Crippen LogP contribution in [0.4, 0.5) is 0 Å². The van der Waals surface area contributed by atoms with Gasteiger partial charge in [-0.1, -0.05) is 5.16 Å². The minimum Gasteiger partial charge on any atom is -0.464 e. The summed E-state index contributed by atoms with van der Waals surface area (Å²) in [5.41, 5.74) is -0.495. The molecule has 0 aliphatic heterocycles. The molecule has 0 radical (unpaired) electrons. The largest absolute Gasteiger partial charge is 0.464 e. The molecule has 100 valence electrons. The number of carbonyl (C=O) groups is 3. The number of fused-ring (bicyclic) bond motifs is 1. The highest BCUT2D eigenvalue weighted by atomic mass is 32.2. The Labute approximate surface area is 111 Å². The smallest absolute Gasteiger partial charge is 0.361 e. The maximum Gasteiger partial charge on any atom is 0.361 e. The molecule has 1 N–H and O–H groups in total. The van der Waals surface area contributed by atoms with Crippen molar-refractivity contribution >= 4 is 29.3 Å². The van der Waals surface area contributed by atoms with Crippen molar-refractivity contribution in [2.75, 3.05) is 19.5 Å². The van der Waals surface area contributed by atoms with Crippen LogP contribution in [-0.4, -0.2) is 47.3 Å². The summed E-state index contributed by atoms with van der Waals surface area (Å²) in [6.07, 6.45) is 1.11. The number of ketones is 2. The van der Waals surface area contributed by atoms with E-state index in [1.165, 1.54) is 0 Å². The number of hydrogen-bond donors (Lipinski definition) is 1.